The highest BCUT2D eigenvalue weighted by Gasteiger charge is 2.48. The first kappa shape index (κ1) is 24.4. The van der Waals surface area contributed by atoms with Crippen LogP contribution in [0.5, 0.6) is 0 Å². The number of nitrogens with zero attached hydrogens (tertiary/aromatic N) is 2. The second kappa shape index (κ2) is 9.90. The maximum Gasteiger partial charge on any atom is 0.413 e. The average Bonchev–Trinajstić information content (AvgIpc) is 3.31. The summed E-state index contributed by atoms with van der Waals surface area (Å²) in [4.78, 5) is 31.7. The molecule has 3 atom stereocenters. The largest absolute Gasteiger partial charge is 0.459 e. The molecule has 9 heteroatoms. The fraction of sp³-hybridized carbons (Fsp3) is 0.400. The van der Waals surface area contributed by atoms with E-state index in [0.29, 0.717) is 11.4 Å². The van der Waals surface area contributed by atoms with Crippen molar-refractivity contribution < 1.29 is 24.2 Å². The molecule has 1 aliphatic rings. The number of carbonyl (C=O) groups excluding carboxylic acids is 2. The van der Waals surface area contributed by atoms with Crippen molar-refractivity contribution >= 4 is 45.2 Å². The van der Waals surface area contributed by atoms with Crippen molar-refractivity contribution in [2.24, 2.45) is 5.92 Å². The second-order valence-electron chi connectivity index (χ2n) is 9.33. The van der Waals surface area contributed by atoms with E-state index in [1.807, 2.05) is 36.4 Å². The van der Waals surface area contributed by atoms with Crippen LogP contribution in [0.3, 0.4) is 0 Å². The molecular formula is C25H27ClN2O5S. The van der Waals surface area contributed by atoms with Gasteiger partial charge in [0.25, 0.3) is 0 Å². The summed E-state index contributed by atoms with van der Waals surface area (Å²) in [6.07, 6.45) is -1.31. The summed E-state index contributed by atoms with van der Waals surface area (Å²) < 4.78 is 12.0. The number of ether oxygens (including phenoxy) is 2. The first-order valence-corrected chi connectivity index (χ1v) is 12.2. The van der Waals surface area contributed by atoms with Gasteiger partial charge in [-0.3, -0.25) is 4.90 Å². The van der Waals surface area contributed by atoms with Gasteiger partial charge < -0.3 is 14.6 Å². The summed E-state index contributed by atoms with van der Waals surface area (Å²) in [6, 6.07) is 13.8. The summed E-state index contributed by atoms with van der Waals surface area (Å²) in [5.74, 6) is -0.981. The van der Waals surface area contributed by atoms with E-state index in [1.165, 1.54) is 11.3 Å². The fourth-order valence-electron chi connectivity index (χ4n) is 3.97. The number of carbonyl (C=O) groups is 2. The Bertz CT molecular complexity index is 1180. The first-order chi connectivity index (χ1) is 16.1. The maximum absolute atomic E-state index is 13.0. The molecule has 0 radical (unpaired) electrons. The Morgan fingerprint density at radius 2 is 1.94 bits per heavy atom. The Morgan fingerprint density at radius 1 is 1.21 bits per heavy atom. The van der Waals surface area contributed by atoms with Crippen LogP contribution in [0.25, 0.3) is 10.2 Å². The predicted molar refractivity (Wildman–Crippen MR) is 131 cm³/mol. The van der Waals surface area contributed by atoms with Crippen LogP contribution in [-0.4, -0.2) is 44.9 Å². The lowest BCUT2D eigenvalue weighted by Gasteiger charge is -2.30. The van der Waals surface area contributed by atoms with Gasteiger partial charge in [0.05, 0.1) is 15.2 Å². The van der Waals surface area contributed by atoms with Gasteiger partial charge in [-0.15, -0.1) is 11.3 Å². The summed E-state index contributed by atoms with van der Waals surface area (Å²) in [6.45, 7) is 5.29. The number of aromatic nitrogens is 1. The minimum atomic E-state index is -1.21. The number of esters is 1. The summed E-state index contributed by atoms with van der Waals surface area (Å²) in [7, 11) is 0. The Morgan fingerprint density at radius 3 is 2.65 bits per heavy atom. The molecule has 4 rings (SSSR count). The number of aliphatic hydroxyl groups excluding tert-OH is 1. The molecule has 34 heavy (non-hydrogen) atoms. The molecule has 3 aromatic rings. The van der Waals surface area contributed by atoms with Gasteiger partial charge in [0.1, 0.15) is 24.5 Å². The number of likely N-dealkylation sites (tertiary alicyclic amines) is 1. The third kappa shape index (κ3) is 5.68. The predicted octanol–water partition coefficient (Wildman–Crippen LogP) is 5.18. The van der Waals surface area contributed by atoms with Gasteiger partial charge in [0.2, 0.25) is 0 Å². The quantitative estimate of drug-likeness (QED) is 0.483. The lowest BCUT2D eigenvalue weighted by molar-refractivity contribution is -0.152. The number of aliphatic hydroxyl groups is 1. The fourth-order valence-corrected chi connectivity index (χ4v) is 5.17. The van der Waals surface area contributed by atoms with Gasteiger partial charge >= 0.3 is 12.1 Å². The smallest absolute Gasteiger partial charge is 0.413 e. The van der Waals surface area contributed by atoms with Crippen molar-refractivity contribution in [1.29, 1.82) is 0 Å². The number of halogens is 1. The third-order valence-electron chi connectivity index (χ3n) is 5.50. The Balaban J connectivity index is 1.53. The number of hydrogen-bond acceptors (Lipinski definition) is 7. The topological polar surface area (TPSA) is 89.0 Å². The molecule has 7 nitrogen and oxygen atoms in total. The highest BCUT2D eigenvalue weighted by molar-refractivity contribution is 7.18. The molecule has 1 N–H and O–H groups in total. The van der Waals surface area contributed by atoms with E-state index >= 15 is 0 Å². The molecule has 0 aliphatic carbocycles. The number of benzene rings is 2. The van der Waals surface area contributed by atoms with Crippen LogP contribution in [-0.2, 0) is 27.3 Å². The third-order valence-corrected chi connectivity index (χ3v) is 6.79. The molecule has 0 saturated carbocycles. The molecule has 0 bridgehead atoms. The highest BCUT2D eigenvalue weighted by atomic mass is 35.5. The SMILES string of the molecule is CC(C)(C)OC(=O)N1C(O)[C@@H](Cc2nc3cc(Cl)ccc3s2)C[C@@H]1C(=O)OCc1ccccc1. The van der Waals surface area contributed by atoms with E-state index in [1.54, 1.807) is 32.9 Å². The van der Waals surface area contributed by atoms with Crippen molar-refractivity contribution in [2.45, 2.75) is 58.1 Å². The number of rotatable bonds is 5. The second-order valence-corrected chi connectivity index (χ2v) is 10.9. The molecular weight excluding hydrogens is 476 g/mol. The van der Waals surface area contributed by atoms with Crippen LogP contribution in [0.4, 0.5) is 4.79 Å². The zero-order chi connectivity index (χ0) is 24.5. The van der Waals surface area contributed by atoms with Gasteiger partial charge in [0.15, 0.2) is 0 Å². The summed E-state index contributed by atoms with van der Waals surface area (Å²) in [5, 5.41) is 12.5. The van der Waals surface area contributed by atoms with Crippen molar-refractivity contribution in [3.63, 3.8) is 0 Å². The summed E-state index contributed by atoms with van der Waals surface area (Å²) in [5.41, 5.74) is 0.838. The van der Waals surface area contributed by atoms with Crippen LogP contribution >= 0.6 is 22.9 Å². The molecule has 1 amide bonds. The minimum absolute atomic E-state index is 0.0811. The van der Waals surface area contributed by atoms with E-state index in [4.69, 9.17) is 21.1 Å². The number of amides is 1. The molecule has 1 saturated heterocycles. The molecule has 2 aromatic carbocycles. The molecule has 0 spiro atoms. The van der Waals surface area contributed by atoms with E-state index in [2.05, 4.69) is 4.98 Å². The Labute approximate surface area is 207 Å². The highest BCUT2D eigenvalue weighted by Crippen LogP contribution is 2.35. The van der Waals surface area contributed by atoms with E-state index < -0.39 is 35.9 Å². The number of thiazole rings is 1. The van der Waals surface area contributed by atoms with E-state index in [-0.39, 0.29) is 13.0 Å². The molecule has 1 unspecified atom stereocenters. The van der Waals surface area contributed by atoms with Crippen LogP contribution < -0.4 is 0 Å². The van der Waals surface area contributed by atoms with Gasteiger partial charge in [0, 0.05) is 17.4 Å². The minimum Gasteiger partial charge on any atom is -0.459 e. The van der Waals surface area contributed by atoms with Crippen LogP contribution in [0.2, 0.25) is 5.02 Å². The molecule has 1 aliphatic heterocycles. The Hall–Kier alpha value is -2.68. The van der Waals surface area contributed by atoms with Gasteiger partial charge in [-0.1, -0.05) is 41.9 Å². The Kier molecular flexibility index (Phi) is 7.12. The lowest BCUT2D eigenvalue weighted by Crippen LogP contribution is -2.48. The van der Waals surface area contributed by atoms with Gasteiger partial charge in [-0.2, -0.15) is 0 Å². The van der Waals surface area contributed by atoms with Crippen molar-refractivity contribution in [1.82, 2.24) is 9.88 Å². The molecule has 2 heterocycles. The van der Waals surface area contributed by atoms with Crippen molar-refractivity contribution in [3.8, 4) is 0 Å². The zero-order valence-corrected chi connectivity index (χ0v) is 20.8. The lowest BCUT2D eigenvalue weighted by atomic mass is 10.0. The van der Waals surface area contributed by atoms with Crippen LogP contribution in [0.1, 0.15) is 37.8 Å². The normalized spacial score (nSPS) is 20.5. The zero-order valence-electron chi connectivity index (χ0n) is 19.2. The molecule has 180 valence electrons. The first-order valence-electron chi connectivity index (χ1n) is 11.1. The number of fused-ring (bicyclic) bond motifs is 1. The van der Waals surface area contributed by atoms with Crippen LogP contribution in [0.15, 0.2) is 48.5 Å². The van der Waals surface area contributed by atoms with Crippen molar-refractivity contribution in [2.75, 3.05) is 0 Å². The molecule has 1 aromatic heterocycles. The van der Waals surface area contributed by atoms with Gasteiger partial charge in [-0.25, -0.2) is 14.6 Å². The monoisotopic (exact) mass is 502 g/mol. The molecule has 1 fully saturated rings. The number of hydrogen-bond donors (Lipinski definition) is 1. The van der Waals surface area contributed by atoms with Crippen molar-refractivity contribution in [3.05, 3.63) is 64.1 Å². The van der Waals surface area contributed by atoms with Gasteiger partial charge in [-0.05, 0) is 51.0 Å². The maximum atomic E-state index is 13.0. The average molecular weight is 503 g/mol. The standard InChI is InChI=1S/C25H27ClN2O5S/c1-25(2,3)33-24(31)28-19(23(30)32-14-15-7-5-4-6-8-15)11-16(22(28)29)12-21-27-18-13-17(26)9-10-20(18)34-21/h4-10,13,16,19,22,29H,11-12,14H2,1-3H3/t16-,19-,22?/m1/s1. The van der Waals surface area contributed by atoms with E-state index in [9.17, 15) is 14.7 Å². The van der Waals surface area contributed by atoms with E-state index in [0.717, 1.165) is 25.7 Å². The summed E-state index contributed by atoms with van der Waals surface area (Å²) >= 11 is 7.57. The van der Waals surface area contributed by atoms with Crippen LogP contribution in [0, 0.1) is 5.92 Å².